The second-order valence-electron chi connectivity index (χ2n) is 7.08. The molecule has 0 bridgehead atoms. The van der Waals surface area contributed by atoms with E-state index in [1.165, 1.54) is 36.3 Å². The number of aliphatic hydroxyl groups is 1. The number of Topliss-reactive ketones (excluding diaryl/α,β-unsaturated/α-hetero) is 1. The van der Waals surface area contributed by atoms with Gasteiger partial charge in [-0.3, -0.25) is 24.6 Å². The first kappa shape index (κ1) is 20.8. The van der Waals surface area contributed by atoms with Crippen molar-refractivity contribution in [3.8, 4) is 5.75 Å². The fraction of sp³-hybridized carbons (Fsp3) is 0.0833. The SMILES string of the molecule is COc1ccc(N2C(=O)C(=O)/C(=C(/O)c3ccccc3)C2c2ccc([N+](=O)[O-])cc2)cc1. The van der Waals surface area contributed by atoms with E-state index >= 15 is 0 Å². The molecule has 1 aliphatic rings. The summed E-state index contributed by atoms with van der Waals surface area (Å²) in [6.45, 7) is 0. The number of amides is 1. The predicted octanol–water partition coefficient (Wildman–Crippen LogP) is 4.23. The van der Waals surface area contributed by atoms with Gasteiger partial charge in [-0.2, -0.15) is 0 Å². The van der Waals surface area contributed by atoms with Crippen molar-refractivity contribution < 1.29 is 24.4 Å². The van der Waals surface area contributed by atoms with Gasteiger partial charge in [0.25, 0.3) is 17.4 Å². The van der Waals surface area contributed by atoms with Crippen molar-refractivity contribution in [1.82, 2.24) is 0 Å². The Bertz CT molecular complexity index is 1220. The molecular weight excluding hydrogens is 412 g/mol. The van der Waals surface area contributed by atoms with Gasteiger partial charge in [-0.05, 0) is 42.0 Å². The number of carbonyl (C=O) groups is 2. The normalized spacial score (nSPS) is 17.4. The molecule has 1 saturated heterocycles. The Labute approximate surface area is 183 Å². The fourth-order valence-electron chi connectivity index (χ4n) is 3.69. The first-order valence-corrected chi connectivity index (χ1v) is 9.67. The van der Waals surface area contributed by atoms with E-state index in [0.717, 1.165) is 0 Å². The average molecular weight is 430 g/mol. The number of ether oxygens (including phenoxy) is 1. The fourth-order valence-corrected chi connectivity index (χ4v) is 3.69. The molecule has 1 unspecified atom stereocenters. The quantitative estimate of drug-likeness (QED) is 0.213. The van der Waals surface area contributed by atoms with Gasteiger partial charge in [-0.25, -0.2) is 0 Å². The highest BCUT2D eigenvalue weighted by atomic mass is 16.6. The molecule has 1 N–H and O–H groups in total. The van der Waals surface area contributed by atoms with Crippen LogP contribution in [0.5, 0.6) is 5.75 Å². The molecule has 1 fully saturated rings. The molecule has 3 aromatic carbocycles. The van der Waals surface area contributed by atoms with Gasteiger partial charge in [0.15, 0.2) is 0 Å². The zero-order chi connectivity index (χ0) is 22.8. The molecule has 0 spiro atoms. The molecule has 0 aliphatic carbocycles. The summed E-state index contributed by atoms with van der Waals surface area (Å²) in [5.41, 5.74) is 1.03. The summed E-state index contributed by atoms with van der Waals surface area (Å²) in [5, 5.41) is 22.0. The topological polar surface area (TPSA) is 110 Å². The highest BCUT2D eigenvalue weighted by molar-refractivity contribution is 6.51. The maximum Gasteiger partial charge on any atom is 0.300 e. The largest absolute Gasteiger partial charge is 0.507 e. The maximum absolute atomic E-state index is 13.1. The number of anilines is 1. The van der Waals surface area contributed by atoms with Crippen LogP contribution >= 0.6 is 0 Å². The lowest BCUT2D eigenvalue weighted by Crippen LogP contribution is -2.29. The number of hydrogen-bond acceptors (Lipinski definition) is 6. The summed E-state index contributed by atoms with van der Waals surface area (Å²) in [6, 6.07) is 19.6. The third kappa shape index (κ3) is 3.58. The smallest absolute Gasteiger partial charge is 0.300 e. The third-order valence-corrected chi connectivity index (χ3v) is 5.26. The van der Waals surface area contributed by atoms with Crippen LogP contribution in [0, 0.1) is 10.1 Å². The van der Waals surface area contributed by atoms with Crippen molar-refractivity contribution in [2.24, 2.45) is 0 Å². The molecule has 0 radical (unpaired) electrons. The average Bonchev–Trinajstić information content (AvgIpc) is 3.09. The first-order valence-electron chi connectivity index (χ1n) is 9.67. The summed E-state index contributed by atoms with van der Waals surface area (Å²) in [6.07, 6.45) is 0. The number of non-ortho nitro benzene ring substituents is 1. The lowest BCUT2D eigenvalue weighted by Gasteiger charge is -2.25. The van der Waals surface area contributed by atoms with E-state index in [9.17, 15) is 24.8 Å². The number of ketones is 1. The summed E-state index contributed by atoms with van der Waals surface area (Å²) in [5.74, 6) is -1.40. The summed E-state index contributed by atoms with van der Waals surface area (Å²) >= 11 is 0. The van der Waals surface area contributed by atoms with Crippen LogP contribution < -0.4 is 9.64 Å². The number of nitrogens with zero attached hydrogens (tertiary/aromatic N) is 2. The molecule has 1 aliphatic heterocycles. The second-order valence-corrected chi connectivity index (χ2v) is 7.08. The molecule has 1 heterocycles. The highest BCUT2D eigenvalue weighted by Crippen LogP contribution is 2.42. The minimum absolute atomic E-state index is 0.0918. The zero-order valence-corrected chi connectivity index (χ0v) is 17.0. The Kier molecular flexibility index (Phi) is 5.43. The van der Waals surface area contributed by atoms with Crippen LogP contribution in [0.25, 0.3) is 5.76 Å². The van der Waals surface area contributed by atoms with Crippen molar-refractivity contribution in [2.45, 2.75) is 6.04 Å². The van der Waals surface area contributed by atoms with E-state index < -0.39 is 22.7 Å². The van der Waals surface area contributed by atoms with Crippen LogP contribution in [0.2, 0.25) is 0 Å². The lowest BCUT2D eigenvalue weighted by atomic mass is 9.95. The number of rotatable bonds is 5. The molecule has 32 heavy (non-hydrogen) atoms. The minimum atomic E-state index is -0.968. The van der Waals surface area contributed by atoms with Gasteiger partial charge in [0.2, 0.25) is 0 Å². The molecule has 1 amide bonds. The van der Waals surface area contributed by atoms with Gasteiger partial charge in [0, 0.05) is 23.4 Å². The van der Waals surface area contributed by atoms with Crippen molar-refractivity contribution in [3.63, 3.8) is 0 Å². The first-order chi connectivity index (χ1) is 15.4. The van der Waals surface area contributed by atoms with Crippen LogP contribution in [0.15, 0.2) is 84.4 Å². The molecular formula is C24H18N2O6. The van der Waals surface area contributed by atoms with Gasteiger partial charge >= 0.3 is 0 Å². The van der Waals surface area contributed by atoms with Gasteiger partial charge in [0.05, 0.1) is 23.6 Å². The molecule has 160 valence electrons. The number of carbonyl (C=O) groups excluding carboxylic acids is 2. The molecule has 0 saturated carbocycles. The van der Waals surface area contributed by atoms with Gasteiger partial charge in [0.1, 0.15) is 11.5 Å². The minimum Gasteiger partial charge on any atom is -0.507 e. The Balaban J connectivity index is 1.91. The molecule has 4 rings (SSSR count). The van der Waals surface area contributed by atoms with E-state index in [4.69, 9.17) is 4.74 Å². The number of benzene rings is 3. The van der Waals surface area contributed by atoms with E-state index in [2.05, 4.69) is 0 Å². The number of aliphatic hydroxyl groups excluding tert-OH is 1. The Hall–Kier alpha value is -4.46. The number of hydrogen-bond donors (Lipinski definition) is 1. The summed E-state index contributed by atoms with van der Waals surface area (Å²) < 4.78 is 5.16. The Morgan fingerprint density at radius 1 is 0.969 bits per heavy atom. The van der Waals surface area contributed by atoms with Gasteiger partial charge < -0.3 is 9.84 Å². The van der Waals surface area contributed by atoms with E-state index in [1.807, 2.05) is 0 Å². The van der Waals surface area contributed by atoms with Crippen LogP contribution in [-0.4, -0.2) is 28.8 Å². The van der Waals surface area contributed by atoms with E-state index in [0.29, 0.717) is 22.6 Å². The maximum atomic E-state index is 13.1. The van der Waals surface area contributed by atoms with Crippen molar-refractivity contribution >= 4 is 28.8 Å². The van der Waals surface area contributed by atoms with Crippen LogP contribution in [0.3, 0.4) is 0 Å². The molecule has 0 aromatic heterocycles. The van der Waals surface area contributed by atoms with Crippen molar-refractivity contribution in [2.75, 3.05) is 12.0 Å². The number of nitro groups is 1. The monoisotopic (exact) mass is 430 g/mol. The Morgan fingerprint density at radius 3 is 2.16 bits per heavy atom. The molecule has 8 nitrogen and oxygen atoms in total. The molecule has 1 atom stereocenters. The Morgan fingerprint density at radius 2 is 1.59 bits per heavy atom. The van der Waals surface area contributed by atoms with Crippen LogP contribution in [0.1, 0.15) is 17.2 Å². The third-order valence-electron chi connectivity index (χ3n) is 5.26. The summed E-state index contributed by atoms with van der Waals surface area (Å²) in [4.78, 5) is 37.9. The van der Waals surface area contributed by atoms with Crippen molar-refractivity contribution in [1.29, 1.82) is 0 Å². The highest BCUT2D eigenvalue weighted by Gasteiger charge is 2.47. The zero-order valence-electron chi connectivity index (χ0n) is 17.0. The van der Waals surface area contributed by atoms with Crippen molar-refractivity contribution in [3.05, 3.63) is 106 Å². The van der Waals surface area contributed by atoms with Crippen LogP contribution in [-0.2, 0) is 9.59 Å². The van der Waals surface area contributed by atoms with Crippen LogP contribution in [0.4, 0.5) is 11.4 Å². The van der Waals surface area contributed by atoms with Gasteiger partial charge in [-0.1, -0.05) is 30.3 Å². The molecule has 8 heteroatoms. The van der Waals surface area contributed by atoms with E-state index in [1.54, 1.807) is 54.6 Å². The lowest BCUT2D eigenvalue weighted by molar-refractivity contribution is -0.384. The predicted molar refractivity (Wildman–Crippen MR) is 117 cm³/mol. The number of nitro benzene ring substituents is 1. The summed E-state index contributed by atoms with van der Waals surface area (Å²) in [7, 11) is 1.51. The van der Waals surface area contributed by atoms with E-state index in [-0.39, 0.29) is 17.0 Å². The second kappa shape index (κ2) is 8.35. The standard InChI is InChI=1S/C24H18N2O6/c1-32-19-13-11-17(12-14-19)25-21(15-7-9-18(10-8-15)26(30)31)20(23(28)24(25)29)22(27)16-5-3-2-4-6-16/h2-14,21,27H,1H3/b22-20+. The van der Waals surface area contributed by atoms with Gasteiger partial charge in [-0.15, -0.1) is 0 Å². The number of methoxy groups -OCH3 is 1. The molecule has 3 aromatic rings.